The SMILES string of the molecule is Cc1ccccc1CC(=O)NCC1CCN(C(=O)OC(C)(C)C)C1. The van der Waals surface area contributed by atoms with Crippen LogP contribution in [-0.4, -0.2) is 42.1 Å². The van der Waals surface area contributed by atoms with Crippen LogP contribution in [0.4, 0.5) is 4.79 Å². The number of benzene rings is 1. The maximum absolute atomic E-state index is 12.1. The van der Waals surface area contributed by atoms with Gasteiger partial charge in [0.15, 0.2) is 0 Å². The Morgan fingerprint density at radius 3 is 2.67 bits per heavy atom. The average molecular weight is 332 g/mol. The maximum Gasteiger partial charge on any atom is 0.410 e. The number of amides is 2. The van der Waals surface area contributed by atoms with Gasteiger partial charge >= 0.3 is 6.09 Å². The number of nitrogens with zero attached hydrogens (tertiary/aromatic N) is 1. The van der Waals surface area contributed by atoms with Gasteiger partial charge in [0.25, 0.3) is 0 Å². The van der Waals surface area contributed by atoms with Gasteiger partial charge in [-0.2, -0.15) is 0 Å². The van der Waals surface area contributed by atoms with Crippen LogP contribution in [-0.2, 0) is 16.0 Å². The van der Waals surface area contributed by atoms with Gasteiger partial charge in [-0.1, -0.05) is 24.3 Å². The fraction of sp³-hybridized carbons (Fsp3) is 0.579. The zero-order valence-electron chi connectivity index (χ0n) is 15.1. The number of likely N-dealkylation sites (tertiary alicyclic amines) is 1. The van der Waals surface area contributed by atoms with Crippen molar-refractivity contribution in [3.8, 4) is 0 Å². The van der Waals surface area contributed by atoms with Crippen molar-refractivity contribution in [2.24, 2.45) is 5.92 Å². The smallest absolute Gasteiger partial charge is 0.410 e. The molecule has 2 rings (SSSR count). The Balaban J connectivity index is 1.75. The average Bonchev–Trinajstić information content (AvgIpc) is 2.95. The van der Waals surface area contributed by atoms with Crippen molar-refractivity contribution in [3.05, 3.63) is 35.4 Å². The molecular formula is C19H28N2O3. The molecule has 0 spiro atoms. The third kappa shape index (κ3) is 5.55. The summed E-state index contributed by atoms with van der Waals surface area (Å²) >= 11 is 0. The van der Waals surface area contributed by atoms with Crippen LogP contribution >= 0.6 is 0 Å². The van der Waals surface area contributed by atoms with Gasteiger partial charge in [-0.3, -0.25) is 4.79 Å². The van der Waals surface area contributed by atoms with Crippen LogP contribution in [0.25, 0.3) is 0 Å². The molecule has 0 aliphatic carbocycles. The first-order valence-electron chi connectivity index (χ1n) is 8.54. The zero-order valence-corrected chi connectivity index (χ0v) is 15.1. The van der Waals surface area contributed by atoms with Gasteiger partial charge in [-0.05, 0) is 51.2 Å². The number of hydrogen-bond donors (Lipinski definition) is 1. The summed E-state index contributed by atoms with van der Waals surface area (Å²) in [7, 11) is 0. The van der Waals surface area contributed by atoms with Crippen molar-refractivity contribution in [2.75, 3.05) is 19.6 Å². The second-order valence-corrected chi connectivity index (χ2v) is 7.49. The molecule has 1 heterocycles. The molecule has 24 heavy (non-hydrogen) atoms. The molecule has 5 heteroatoms. The molecule has 0 bridgehead atoms. The number of hydrogen-bond acceptors (Lipinski definition) is 3. The molecule has 0 radical (unpaired) electrons. The highest BCUT2D eigenvalue weighted by Gasteiger charge is 2.29. The number of rotatable bonds is 4. The van der Waals surface area contributed by atoms with Crippen molar-refractivity contribution in [1.29, 1.82) is 0 Å². The molecule has 132 valence electrons. The molecule has 0 aromatic heterocycles. The minimum atomic E-state index is -0.475. The highest BCUT2D eigenvalue weighted by molar-refractivity contribution is 5.78. The van der Waals surface area contributed by atoms with E-state index in [-0.39, 0.29) is 12.0 Å². The topological polar surface area (TPSA) is 58.6 Å². The summed E-state index contributed by atoms with van der Waals surface area (Å²) in [6.45, 7) is 9.54. The highest BCUT2D eigenvalue weighted by atomic mass is 16.6. The lowest BCUT2D eigenvalue weighted by Gasteiger charge is -2.24. The van der Waals surface area contributed by atoms with Crippen molar-refractivity contribution < 1.29 is 14.3 Å². The molecule has 1 unspecified atom stereocenters. The van der Waals surface area contributed by atoms with E-state index in [1.54, 1.807) is 4.90 Å². The zero-order chi connectivity index (χ0) is 17.7. The Morgan fingerprint density at radius 1 is 1.29 bits per heavy atom. The summed E-state index contributed by atoms with van der Waals surface area (Å²) in [4.78, 5) is 25.9. The van der Waals surface area contributed by atoms with Crippen LogP contribution in [0.1, 0.15) is 38.3 Å². The predicted molar refractivity (Wildman–Crippen MR) is 93.8 cm³/mol. The first-order valence-corrected chi connectivity index (χ1v) is 8.54. The van der Waals surface area contributed by atoms with Crippen molar-refractivity contribution in [3.63, 3.8) is 0 Å². The summed E-state index contributed by atoms with van der Waals surface area (Å²) < 4.78 is 5.39. The Morgan fingerprint density at radius 2 is 2.00 bits per heavy atom. The Labute approximate surface area is 144 Å². The second-order valence-electron chi connectivity index (χ2n) is 7.49. The highest BCUT2D eigenvalue weighted by Crippen LogP contribution is 2.19. The van der Waals surface area contributed by atoms with E-state index in [1.165, 1.54) is 0 Å². The lowest BCUT2D eigenvalue weighted by molar-refractivity contribution is -0.120. The van der Waals surface area contributed by atoms with Gasteiger partial charge in [-0.25, -0.2) is 4.79 Å². The fourth-order valence-corrected chi connectivity index (χ4v) is 2.79. The molecule has 1 N–H and O–H groups in total. The van der Waals surface area contributed by atoms with Gasteiger partial charge in [0.1, 0.15) is 5.60 Å². The fourth-order valence-electron chi connectivity index (χ4n) is 2.79. The first-order chi connectivity index (χ1) is 11.2. The van der Waals surface area contributed by atoms with Crippen LogP contribution in [0.2, 0.25) is 0 Å². The number of carbonyl (C=O) groups excluding carboxylic acids is 2. The molecule has 2 amide bonds. The number of ether oxygens (including phenoxy) is 1. The lowest BCUT2D eigenvalue weighted by Crippen LogP contribution is -2.36. The summed E-state index contributed by atoms with van der Waals surface area (Å²) in [5.41, 5.74) is 1.71. The molecule has 1 aromatic rings. The maximum atomic E-state index is 12.1. The molecule has 1 atom stereocenters. The van der Waals surface area contributed by atoms with E-state index in [1.807, 2.05) is 52.0 Å². The molecule has 1 aliphatic rings. The molecule has 1 aliphatic heterocycles. The lowest BCUT2D eigenvalue weighted by atomic mass is 10.1. The van der Waals surface area contributed by atoms with Gasteiger partial charge in [-0.15, -0.1) is 0 Å². The van der Waals surface area contributed by atoms with E-state index in [0.29, 0.717) is 32.0 Å². The number of nitrogens with one attached hydrogen (secondary N) is 1. The Bertz CT molecular complexity index is 593. The van der Waals surface area contributed by atoms with Gasteiger partial charge in [0.2, 0.25) is 5.91 Å². The number of aryl methyl sites for hydroxylation is 1. The number of carbonyl (C=O) groups is 2. The molecule has 1 aromatic carbocycles. The Hall–Kier alpha value is -2.04. The third-order valence-corrected chi connectivity index (χ3v) is 4.14. The summed E-state index contributed by atoms with van der Waals surface area (Å²) in [6, 6.07) is 7.92. The van der Waals surface area contributed by atoms with Crippen molar-refractivity contribution in [2.45, 2.75) is 46.1 Å². The van der Waals surface area contributed by atoms with Gasteiger partial charge in [0.05, 0.1) is 6.42 Å². The van der Waals surface area contributed by atoms with E-state index in [2.05, 4.69) is 5.32 Å². The van der Waals surface area contributed by atoms with Crippen molar-refractivity contribution >= 4 is 12.0 Å². The minimum Gasteiger partial charge on any atom is -0.444 e. The monoisotopic (exact) mass is 332 g/mol. The van der Waals surface area contributed by atoms with E-state index in [4.69, 9.17) is 4.74 Å². The largest absolute Gasteiger partial charge is 0.444 e. The minimum absolute atomic E-state index is 0.0278. The first kappa shape index (κ1) is 18.3. The van der Waals surface area contributed by atoms with E-state index >= 15 is 0 Å². The molecule has 0 saturated carbocycles. The van der Waals surface area contributed by atoms with E-state index in [0.717, 1.165) is 17.5 Å². The normalized spacial score (nSPS) is 17.7. The summed E-state index contributed by atoms with van der Waals surface area (Å²) in [5, 5.41) is 2.99. The van der Waals surface area contributed by atoms with Gasteiger partial charge < -0.3 is 15.0 Å². The van der Waals surface area contributed by atoms with Crippen molar-refractivity contribution in [1.82, 2.24) is 10.2 Å². The molecule has 1 saturated heterocycles. The predicted octanol–water partition coefficient (Wildman–Crippen LogP) is 2.91. The van der Waals surface area contributed by atoms with Gasteiger partial charge in [0, 0.05) is 19.6 Å². The van der Waals surface area contributed by atoms with Crippen LogP contribution in [0, 0.1) is 12.8 Å². The molecule has 5 nitrogen and oxygen atoms in total. The standard InChI is InChI=1S/C19H28N2O3/c1-14-7-5-6-8-16(14)11-17(22)20-12-15-9-10-21(13-15)18(23)24-19(2,3)4/h5-8,15H,9-13H2,1-4H3,(H,20,22). The summed E-state index contributed by atoms with van der Waals surface area (Å²) in [5.74, 6) is 0.318. The van der Waals surface area contributed by atoms with E-state index in [9.17, 15) is 9.59 Å². The Kier molecular flexibility index (Phi) is 5.86. The van der Waals surface area contributed by atoms with Crippen LogP contribution in [0.5, 0.6) is 0 Å². The van der Waals surface area contributed by atoms with Crippen LogP contribution in [0.15, 0.2) is 24.3 Å². The van der Waals surface area contributed by atoms with Crippen LogP contribution in [0.3, 0.4) is 0 Å². The quantitative estimate of drug-likeness (QED) is 0.922. The second kappa shape index (κ2) is 7.69. The molecule has 1 fully saturated rings. The van der Waals surface area contributed by atoms with Crippen LogP contribution < -0.4 is 5.32 Å². The molecular weight excluding hydrogens is 304 g/mol. The summed E-state index contributed by atoms with van der Waals surface area (Å²) in [6.07, 6.45) is 1.02. The van der Waals surface area contributed by atoms with E-state index < -0.39 is 5.60 Å². The third-order valence-electron chi connectivity index (χ3n) is 4.14.